The quantitative estimate of drug-likeness (QED) is 0.228. The van der Waals surface area contributed by atoms with Gasteiger partial charge < -0.3 is 20.4 Å². The van der Waals surface area contributed by atoms with Crippen LogP contribution in [-0.4, -0.2) is 17.3 Å². The van der Waals surface area contributed by atoms with Gasteiger partial charge in [0.25, 0.3) is 0 Å². The van der Waals surface area contributed by atoms with E-state index in [4.69, 9.17) is 25.2 Å². The third kappa shape index (κ3) is 168. The van der Waals surface area contributed by atoms with Crippen LogP contribution in [0.3, 0.4) is 0 Å². The molecule has 0 unspecified atom stereocenters. The van der Waals surface area contributed by atoms with Gasteiger partial charge in [-0.3, -0.25) is 4.79 Å². The largest absolute Gasteiger partial charge is 1.00 e. The second kappa shape index (κ2) is 22.5. The number of carbonyl (C=O) groups excluding carboxylic acids is 1. The molecule has 0 saturated heterocycles. The Morgan fingerprint density at radius 2 is 1.56 bits per heavy atom. The molecule has 0 aromatic carbocycles. The molecule has 0 radical (unpaired) electrons. The molecule has 0 aliphatic rings. The summed E-state index contributed by atoms with van der Waals surface area (Å²) in [5.74, 6) is 0. The van der Waals surface area contributed by atoms with Crippen molar-refractivity contribution in [1.29, 1.82) is 0 Å². The number of rotatable bonds is 0. The van der Waals surface area contributed by atoms with Crippen LogP contribution in [0.2, 0.25) is 0 Å². The molecule has 0 saturated carbocycles. The van der Waals surface area contributed by atoms with Crippen LogP contribution in [0, 0.1) is 0 Å². The first-order valence-corrected chi connectivity index (χ1v) is 1.06. The Morgan fingerprint density at radius 1 is 1.56 bits per heavy atom. The maximum atomic E-state index is 8.44. The summed E-state index contributed by atoms with van der Waals surface area (Å²) < 4.78 is 0. The summed E-state index contributed by atoms with van der Waals surface area (Å²) in [4.78, 5) is 16.7. The summed E-state index contributed by atoms with van der Waals surface area (Å²) in [7, 11) is 0. The predicted molar refractivity (Wildman–Crippen MR) is 17.1 cm³/mol. The number of hydrogen-bond acceptors (Lipinski definition) is 3. The third-order valence-corrected chi connectivity index (χ3v) is 0. The average molecular weight is 181 g/mol. The molecule has 0 bridgehead atoms. The van der Waals surface area contributed by atoms with Crippen molar-refractivity contribution in [2.45, 2.75) is 0 Å². The molecule has 0 aliphatic carbocycles. The van der Waals surface area contributed by atoms with Crippen LogP contribution in [0.15, 0.2) is 0 Å². The molecule has 0 aromatic heterocycles. The minimum atomic E-state index is -2.08. The summed E-state index contributed by atoms with van der Waals surface area (Å²) in [5, 5.41) is 22.1. The fraction of sp³-hybridized carbons (Fsp3) is 0. The van der Waals surface area contributed by atoms with Gasteiger partial charge in [-0.1, -0.05) is 0 Å². The van der Waals surface area contributed by atoms with E-state index in [-0.39, 0.29) is 103 Å². The van der Waals surface area contributed by atoms with Gasteiger partial charge in [-0.15, -0.1) is 0 Å². The van der Waals surface area contributed by atoms with Crippen molar-refractivity contribution in [3.63, 3.8) is 0 Å². The summed E-state index contributed by atoms with van der Waals surface area (Å²) in [6.07, 6.45) is -1.58. The van der Waals surface area contributed by atoms with Crippen molar-refractivity contribution in [2.75, 3.05) is 0 Å². The summed E-state index contributed by atoms with van der Waals surface area (Å²) >= 11 is 0. The van der Waals surface area contributed by atoms with E-state index in [1.54, 1.807) is 0 Å². The van der Waals surface area contributed by atoms with Gasteiger partial charge in [0.2, 0.25) is 6.16 Å². The number of carboxylic acid groups (broad SMARTS) is 2. The smallest absolute Gasteiger partial charge is 0.724 e. The monoisotopic (exact) mass is 181 g/mol. The van der Waals surface area contributed by atoms with Crippen molar-refractivity contribution in [3.8, 4) is 0 Å². The molecule has 1 N–H and O–H groups in total. The SMILES string of the molecule is O=C([O-])O.[K+].[K+].[N-]=C=O. The fourth-order valence-corrected chi connectivity index (χ4v) is 0. The molecule has 0 fully saturated rings. The van der Waals surface area contributed by atoms with Crippen LogP contribution < -0.4 is 108 Å². The van der Waals surface area contributed by atoms with E-state index in [0.717, 1.165) is 0 Å². The number of isocyanates is 1. The van der Waals surface area contributed by atoms with Gasteiger partial charge in [0.1, 0.15) is 0 Å². The average Bonchev–Trinajstić information content (AvgIpc) is 1.33. The van der Waals surface area contributed by atoms with Gasteiger partial charge in [-0.25, -0.2) is 0 Å². The van der Waals surface area contributed by atoms with E-state index < -0.39 is 6.16 Å². The maximum absolute atomic E-state index is 8.44. The standard InChI is InChI=1S/CNO.CH2O3.2K/c2-1-3;2-1(3)4;;/h;(H2,2,3,4);;/q-1;;2*+1/p-1. The van der Waals surface area contributed by atoms with E-state index in [9.17, 15) is 0 Å². The molecule has 0 heterocycles. The molecule has 0 aromatic rings. The third-order valence-electron chi connectivity index (χ3n) is 0. The van der Waals surface area contributed by atoms with Crippen molar-refractivity contribution in [2.24, 2.45) is 0 Å². The minimum absolute atomic E-state index is 0. The maximum Gasteiger partial charge on any atom is 1.00 e. The zero-order valence-corrected chi connectivity index (χ0v) is 11.4. The molecule has 0 aliphatic heterocycles. The Labute approximate surface area is 137 Å². The van der Waals surface area contributed by atoms with Crippen LogP contribution in [0.1, 0.15) is 0 Å². The van der Waals surface area contributed by atoms with Crippen molar-refractivity contribution in [3.05, 3.63) is 5.41 Å². The van der Waals surface area contributed by atoms with Crippen LogP contribution in [0.5, 0.6) is 0 Å². The summed E-state index contributed by atoms with van der Waals surface area (Å²) in [6, 6.07) is 0. The van der Waals surface area contributed by atoms with E-state index in [1.165, 1.54) is 0 Å². The molecule has 9 heavy (non-hydrogen) atoms. The Bertz CT molecular complexity index is 84.6. The topological polar surface area (TPSA) is 99.7 Å². The second-order valence-electron chi connectivity index (χ2n) is 0.357. The first-order chi connectivity index (χ1) is 3.15. The van der Waals surface area contributed by atoms with Crippen LogP contribution in [0.4, 0.5) is 4.79 Å². The number of nitrogens with zero attached hydrogens (tertiary/aromatic N) is 1. The zero-order valence-electron chi connectivity index (χ0n) is 5.12. The van der Waals surface area contributed by atoms with Crippen LogP contribution in [0.25, 0.3) is 5.41 Å². The van der Waals surface area contributed by atoms with Gasteiger partial charge in [-0.05, 0) is 6.08 Å². The van der Waals surface area contributed by atoms with Gasteiger partial charge in [-0.2, -0.15) is 0 Å². The minimum Gasteiger partial charge on any atom is -0.724 e. The Hall–Kier alpha value is 1.92. The first kappa shape index (κ1) is 22.4. The molecule has 5 nitrogen and oxygen atoms in total. The normalized spacial score (nSPS) is 3.56. The van der Waals surface area contributed by atoms with Gasteiger partial charge >= 0.3 is 103 Å². The van der Waals surface area contributed by atoms with Crippen LogP contribution in [-0.2, 0) is 4.79 Å². The molecular weight excluding hydrogens is 180 g/mol. The second-order valence-corrected chi connectivity index (χ2v) is 0.357. The molecule has 7 heteroatoms. The molecular formula is C2HK2NO4. The van der Waals surface area contributed by atoms with E-state index in [1.807, 2.05) is 0 Å². The van der Waals surface area contributed by atoms with Crippen molar-refractivity contribution < 1.29 is 123 Å². The van der Waals surface area contributed by atoms with Crippen molar-refractivity contribution in [1.82, 2.24) is 0 Å². The van der Waals surface area contributed by atoms with Gasteiger partial charge in [0.05, 0.1) is 0 Å². The number of hydrogen-bond donors (Lipinski definition) is 1. The first-order valence-electron chi connectivity index (χ1n) is 1.06. The molecule has 0 rings (SSSR count). The van der Waals surface area contributed by atoms with Crippen LogP contribution >= 0.6 is 0 Å². The van der Waals surface area contributed by atoms with Gasteiger partial charge in [0.15, 0.2) is 0 Å². The Kier molecular flexibility index (Phi) is 56.2. The molecule has 40 valence electrons. The molecule has 0 atom stereocenters. The van der Waals surface area contributed by atoms with E-state index in [0.29, 0.717) is 6.08 Å². The Balaban J connectivity index is -0.0000000233. The van der Waals surface area contributed by atoms with Crippen molar-refractivity contribution >= 4 is 12.2 Å². The zero-order chi connectivity index (χ0) is 6.28. The van der Waals surface area contributed by atoms with E-state index in [2.05, 4.69) is 0 Å². The summed E-state index contributed by atoms with van der Waals surface area (Å²) in [5.41, 5.74) is 0. The Morgan fingerprint density at radius 3 is 1.56 bits per heavy atom. The number of carbonyl (C=O) groups is 1. The fourth-order valence-electron chi connectivity index (χ4n) is 0. The van der Waals surface area contributed by atoms with Gasteiger partial charge in [0, 0.05) is 0 Å². The van der Waals surface area contributed by atoms with E-state index >= 15 is 0 Å². The summed E-state index contributed by atoms with van der Waals surface area (Å²) in [6.45, 7) is 0. The molecule has 0 spiro atoms. The molecule has 0 amide bonds. The predicted octanol–water partition coefficient (Wildman–Crippen LogP) is -7.21.